The Labute approximate surface area is 154 Å². The molecule has 7 heteroatoms. The van der Waals surface area contributed by atoms with Gasteiger partial charge in [-0.2, -0.15) is 5.10 Å². The summed E-state index contributed by atoms with van der Waals surface area (Å²) in [5.41, 5.74) is 6.85. The number of carbonyl (C=O) groups is 1. The fourth-order valence-electron chi connectivity index (χ4n) is 3.45. The Morgan fingerprint density at radius 1 is 1.31 bits per heavy atom. The van der Waals surface area contributed by atoms with Gasteiger partial charge >= 0.3 is 0 Å². The van der Waals surface area contributed by atoms with Crippen molar-refractivity contribution in [1.82, 2.24) is 14.7 Å². The molecule has 2 aromatic heterocycles. The molecule has 3 heterocycles. The highest BCUT2D eigenvalue weighted by atomic mass is 32.1. The largest absolute Gasteiger partial charge is 0.365 e. The van der Waals surface area contributed by atoms with Crippen LogP contribution in [-0.4, -0.2) is 27.1 Å². The smallest absolute Gasteiger partial charge is 0.258 e. The number of primary amides is 1. The third-order valence-corrected chi connectivity index (χ3v) is 5.88. The fourth-order valence-corrected chi connectivity index (χ4v) is 4.48. The number of para-hydroxylation sites is 1. The quantitative estimate of drug-likeness (QED) is 0.747. The molecule has 3 aromatic rings. The number of benzene rings is 1. The normalized spacial score (nSPS) is 17.7. The van der Waals surface area contributed by atoms with Gasteiger partial charge in [0.25, 0.3) is 5.91 Å². The number of halogens is 1. The first kappa shape index (κ1) is 16.9. The number of aromatic nitrogens is 2. The van der Waals surface area contributed by atoms with Gasteiger partial charge in [0.1, 0.15) is 11.5 Å². The average molecular weight is 370 g/mol. The number of rotatable bonds is 5. The molecule has 26 heavy (non-hydrogen) atoms. The molecule has 1 atom stereocenters. The minimum absolute atomic E-state index is 0.282. The monoisotopic (exact) mass is 370 g/mol. The molecule has 5 nitrogen and oxygen atoms in total. The average Bonchev–Trinajstić information content (AvgIpc) is 3.35. The van der Waals surface area contributed by atoms with Gasteiger partial charge in [0.2, 0.25) is 0 Å². The van der Waals surface area contributed by atoms with E-state index in [2.05, 4.69) is 10.00 Å². The van der Waals surface area contributed by atoms with Gasteiger partial charge in [-0.15, -0.1) is 11.3 Å². The number of likely N-dealkylation sites (tertiary alicyclic amines) is 1. The summed E-state index contributed by atoms with van der Waals surface area (Å²) in [5.74, 6) is -0.671. The second-order valence-electron chi connectivity index (χ2n) is 6.44. The van der Waals surface area contributed by atoms with Crippen molar-refractivity contribution in [1.29, 1.82) is 0 Å². The van der Waals surface area contributed by atoms with E-state index >= 15 is 0 Å². The van der Waals surface area contributed by atoms with Crippen LogP contribution < -0.4 is 5.73 Å². The summed E-state index contributed by atoms with van der Waals surface area (Å²) in [6.07, 6.45) is 5.82. The maximum atomic E-state index is 13.9. The molecule has 2 N–H and O–H groups in total. The zero-order valence-electron chi connectivity index (χ0n) is 14.1. The summed E-state index contributed by atoms with van der Waals surface area (Å²) >= 11 is 1.47. The van der Waals surface area contributed by atoms with Crippen molar-refractivity contribution >= 4 is 17.2 Å². The molecular formula is C19H19FN4OS. The molecule has 4 rings (SSSR count). The lowest BCUT2D eigenvalue weighted by atomic mass is 10.2. The third kappa shape index (κ3) is 3.27. The van der Waals surface area contributed by atoms with E-state index in [-0.39, 0.29) is 17.8 Å². The van der Waals surface area contributed by atoms with Gasteiger partial charge in [-0.3, -0.25) is 9.69 Å². The SMILES string of the molecule is NC(=O)c1ccc(C2CCCN2Cc2cnn(-c3ccccc3F)c2)s1. The molecule has 0 spiro atoms. The molecule has 1 aliphatic rings. The molecule has 1 saturated heterocycles. The molecule has 134 valence electrons. The number of carbonyl (C=O) groups excluding carboxylic acids is 1. The van der Waals surface area contributed by atoms with Crippen LogP contribution in [0.15, 0.2) is 48.8 Å². The lowest BCUT2D eigenvalue weighted by molar-refractivity contribution is 0.100. The van der Waals surface area contributed by atoms with Crippen LogP contribution in [0.2, 0.25) is 0 Å². The van der Waals surface area contributed by atoms with Crippen LogP contribution in [0.4, 0.5) is 4.39 Å². The first-order chi connectivity index (χ1) is 12.6. The Bertz CT molecular complexity index is 935. The van der Waals surface area contributed by atoms with Crippen molar-refractivity contribution in [2.45, 2.75) is 25.4 Å². The molecule has 1 unspecified atom stereocenters. The van der Waals surface area contributed by atoms with Gasteiger partial charge in [0.05, 0.1) is 11.1 Å². The highest BCUT2D eigenvalue weighted by molar-refractivity contribution is 7.14. The minimum atomic E-state index is -0.378. The Balaban J connectivity index is 1.51. The van der Waals surface area contributed by atoms with Gasteiger partial charge in [0.15, 0.2) is 0 Å². The second kappa shape index (κ2) is 7.01. The van der Waals surface area contributed by atoms with Crippen molar-refractivity contribution in [2.75, 3.05) is 6.54 Å². The van der Waals surface area contributed by atoms with Gasteiger partial charge in [-0.05, 0) is 43.7 Å². The summed E-state index contributed by atoms with van der Waals surface area (Å²) in [5, 5.41) is 4.31. The summed E-state index contributed by atoms with van der Waals surface area (Å²) in [7, 11) is 0. The highest BCUT2D eigenvalue weighted by Crippen LogP contribution is 2.36. The van der Waals surface area contributed by atoms with Crippen molar-refractivity contribution in [3.8, 4) is 5.69 Å². The predicted octanol–water partition coefficient (Wildman–Crippen LogP) is 3.51. The molecule has 0 aliphatic carbocycles. The molecular weight excluding hydrogens is 351 g/mol. The van der Waals surface area contributed by atoms with Crippen LogP contribution in [0.25, 0.3) is 5.69 Å². The third-order valence-electron chi connectivity index (χ3n) is 4.68. The van der Waals surface area contributed by atoms with E-state index < -0.39 is 0 Å². The molecule has 1 fully saturated rings. The van der Waals surface area contributed by atoms with E-state index in [0.29, 0.717) is 10.6 Å². The molecule has 1 aromatic carbocycles. The Hall–Kier alpha value is -2.51. The summed E-state index contributed by atoms with van der Waals surface area (Å²) in [6.45, 7) is 1.72. The maximum absolute atomic E-state index is 13.9. The lowest BCUT2D eigenvalue weighted by Gasteiger charge is -2.22. The maximum Gasteiger partial charge on any atom is 0.258 e. The zero-order chi connectivity index (χ0) is 18.1. The summed E-state index contributed by atoms with van der Waals surface area (Å²) in [4.78, 5) is 15.5. The topological polar surface area (TPSA) is 64.2 Å². The molecule has 0 bridgehead atoms. The van der Waals surface area contributed by atoms with Gasteiger partial charge in [-0.1, -0.05) is 12.1 Å². The molecule has 0 saturated carbocycles. The van der Waals surface area contributed by atoms with Crippen LogP contribution in [0, 0.1) is 5.82 Å². The van der Waals surface area contributed by atoms with Crippen LogP contribution >= 0.6 is 11.3 Å². The molecule has 0 radical (unpaired) electrons. The Morgan fingerprint density at radius 3 is 2.92 bits per heavy atom. The highest BCUT2D eigenvalue weighted by Gasteiger charge is 2.28. The second-order valence-corrected chi connectivity index (χ2v) is 7.55. The van der Waals surface area contributed by atoms with Crippen LogP contribution in [0.3, 0.4) is 0 Å². The number of amides is 1. The van der Waals surface area contributed by atoms with E-state index in [1.807, 2.05) is 12.3 Å². The van der Waals surface area contributed by atoms with Gasteiger partial charge < -0.3 is 5.73 Å². The summed E-state index contributed by atoms with van der Waals surface area (Å²) in [6, 6.07) is 10.7. The van der Waals surface area contributed by atoms with E-state index in [1.165, 1.54) is 17.4 Å². The molecule has 1 aliphatic heterocycles. The first-order valence-corrected chi connectivity index (χ1v) is 9.35. The van der Waals surface area contributed by atoms with Crippen LogP contribution in [0.1, 0.15) is 39.0 Å². The standard InChI is InChI=1S/C19H19FN4OS/c20-14-4-1-2-5-15(14)24-12-13(10-22-24)11-23-9-3-6-16(23)17-7-8-18(26-17)19(21)25/h1-2,4-5,7-8,10,12,16H,3,6,9,11H2,(H2,21,25). The predicted molar refractivity (Wildman–Crippen MR) is 98.7 cm³/mol. The minimum Gasteiger partial charge on any atom is -0.365 e. The van der Waals surface area contributed by atoms with Gasteiger partial charge in [-0.25, -0.2) is 9.07 Å². The van der Waals surface area contributed by atoms with Crippen molar-refractivity contribution in [3.05, 3.63) is 69.9 Å². The first-order valence-electron chi connectivity index (χ1n) is 8.54. The number of hydrogen-bond acceptors (Lipinski definition) is 4. The van der Waals surface area contributed by atoms with E-state index in [1.54, 1.807) is 35.1 Å². The zero-order valence-corrected chi connectivity index (χ0v) is 15.0. The van der Waals surface area contributed by atoms with Crippen LogP contribution in [0.5, 0.6) is 0 Å². The number of thiophene rings is 1. The number of nitrogens with two attached hydrogens (primary N) is 1. The van der Waals surface area contributed by atoms with E-state index in [0.717, 1.165) is 36.4 Å². The molecule has 1 amide bonds. The lowest BCUT2D eigenvalue weighted by Crippen LogP contribution is -2.21. The van der Waals surface area contributed by atoms with Crippen molar-refractivity contribution in [2.24, 2.45) is 5.73 Å². The van der Waals surface area contributed by atoms with Crippen LogP contribution in [-0.2, 0) is 6.54 Å². The summed E-state index contributed by atoms with van der Waals surface area (Å²) < 4.78 is 15.5. The fraction of sp³-hybridized carbons (Fsp3) is 0.263. The number of hydrogen-bond donors (Lipinski definition) is 1. The van der Waals surface area contributed by atoms with E-state index in [9.17, 15) is 9.18 Å². The Kier molecular flexibility index (Phi) is 4.57. The Morgan fingerprint density at radius 2 is 2.15 bits per heavy atom. The van der Waals surface area contributed by atoms with Crippen molar-refractivity contribution in [3.63, 3.8) is 0 Å². The van der Waals surface area contributed by atoms with E-state index in [4.69, 9.17) is 5.73 Å². The van der Waals surface area contributed by atoms with Crippen molar-refractivity contribution < 1.29 is 9.18 Å². The van der Waals surface area contributed by atoms with Gasteiger partial charge in [0, 0.05) is 29.2 Å². The number of nitrogens with zero attached hydrogens (tertiary/aromatic N) is 3.